The molecule has 0 spiro atoms. The van der Waals surface area contributed by atoms with E-state index in [2.05, 4.69) is 0 Å². The molecule has 94 valence electrons. The number of rotatable bonds is 1. The molecule has 1 rings (SSSR count). The van der Waals surface area contributed by atoms with E-state index in [1.807, 2.05) is 0 Å². The molecule has 0 aliphatic carbocycles. The molecule has 0 aromatic rings. The van der Waals surface area contributed by atoms with Crippen molar-refractivity contribution in [2.75, 3.05) is 13.1 Å². The predicted molar refractivity (Wildman–Crippen MR) is 51.7 cm³/mol. The number of carbonyl (C=O) groups is 1. The lowest BCUT2D eigenvalue weighted by Crippen LogP contribution is -2.54. The monoisotopic (exact) mass is 239 g/mol. The highest BCUT2D eigenvalue weighted by molar-refractivity contribution is 5.78. The third-order valence-electron chi connectivity index (χ3n) is 2.92. The van der Waals surface area contributed by atoms with Crippen molar-refractivity contribution in [1.82, 2.24) is 4.90 Å². The van der Waals surface area contributed by atoms with Gasteiger partial charge in [0.1, 0.15) is 0 Å². The molecule has 1 saturated heterocycles. The van der Waals surface area contributed by atoms with Crippen molar-refractivity contribution < 1.29 is 23.1 Å². The van der Waals surface area contributed by atoms with E-state index in [9.17, 15) is 23.1 Å². The van der Waals surface area contributed by atoms with Gasteiger partial charge in [-0.1, -0.05) is 13.8 Å². The van der Waals surface area contributed by atoms with Crippen molar-refractivity contribution >= 4 is 5.91 Å². The Morgan fingerprint density at radius 1 is 1.31 bits per heavy atom. The summed E-state index contributed by atoms with van der Waals surface area (Å²) in [5, 5.41) is 9.38. The SMILES string of the molecule is CC(C)C(=O)N1CCC(O)(C(F)(F)F)CC1. The Hall–Kier alpha value is -0.780. The largest absolute Gasteiger partial charge is 0.417 e. The number of aliphatic hydroxyl groups is 1. The van der Waals surface area contributed by atoms with Gasteiger partial charge in [-0.2, -0.15) is 13.2 Å². The van der Waals surface area contributed by atoms with Crippen molar-refractivity contribution in [3.8, 4) is 0 Å². The van der Waals surface area contributed by atoms with Crippen LogP contribution in [0.5, 0.6) is 0 Å². The van der Waals surface area contributed by atoms with Gasteiger partial charge in [-0.3, -0.25) is 4.79 Å². The lowest BCUT2D eigenvalue weighted by molar-refractivity contribution is -0.272. The van der Waals surface area contributed by atoms with Crippen LogP contribution in [0.25, 0.3) is 0 Å². The van der Waals surface area contributed by atoms with E-state index in [-0.39, 0.29) is 24.9 Å². The number of piperidine rings is 1. The fourth-order valence-electron chi connectivity index (χ4n) is 1.75. The lowest BCUT2D eigenvalue weighted by Gasteiger charge is -2.39. The number of likely N-dealkylation sites (tertiary alicyclic amines) is 1. The predicted octanol–water partition coefficient (Wildman–Crippen LogP) is 1.56. The van der Waals surface area contributed by atoms with Crippen LogP contribution in [0.3, 0.4) is 0 Å². The Morgan fingerprint density at radius 2 is 1.75 bits per heavy atom. The summed E-state index contributed by atoms with van der Waals surface area (Å²) in [7, 11) is 0. The molecule has 6 heteroatoms. The highest BCUT2D eigenvalue weighted by Crippen LogP contribution is 2.38. The molecule has 1 aliphatic rings. The third kappa shape index (κ3) is 2.48. The summed E-state index contributed by atoms with van der Waals surface area (Å²) in [4.78, 5) is 12.9. The number of alkyl halides is 3. The summed E-state index contributed by atoms with van der Waals surface area (Å²) in [6.45, 7) is 3.33. The molecule has 16 heavy (non-hydrogen) atoms. The van der Waals surface area contributed by atoms with Crippen molar-refractivity contribution in [3.05, 3.63) is 0 Å². The summed E-state index contributed by atoms with van der Waals surface area (Å²) >= 11 is 0. The van der Waals surface area contributed by atoms with Crippen molar-refractivity contribution in [2.45, 2.75) is 38.5 Å². The third-order valence-corrected chi connectivity index (χ3v) is 2.92. The second-order valence-electron chi connectivity index (χ2n) is 4.51. The van der Waals surface area contributed by atoms with Crippen LogP contribution in [-0.2, 0) is 4.79 Å². The maximum absolute atomic E-state index is 12.5. The number of carbonyl (C=O) groups excluding carboxylic acids is 1. The molecular weight excluding hydrogens is 223 g/mol. The topological polar surface area (TPSA) is 40.5 Å². The minimum atomic E-state index is -4.61. The molecule has 0 saturated carbocycles. The van der Waals surface area contributed by atoms with Gasteiger partial charge in [0.15, 0.2) is 5.60 Å². The number of hydrogen-bond donors (Lipinski definition) is 1. The molecular formula is C10H16F3NO2. The van der Waals surface area contributed by atoms with Gasteiger partial charge in [-0.05, 0) is 0 Å². The smallest absolute Gasteiger partial charge is 0.380 e. The summed E-state index contributed by atoms with van der Waals surface area (Å²) in [5.74, 6) is -0.388. The molecule has 0 aromatic carbocycles. The van der Waals surface area contributed by atoms with Crippen LogP contribution >= 0.6 is 0 Å². The van der Waals surface area contributed by atoms with Crippen LogP contribution in [0, 0.1) is 5.92 Å². The summed E-state index contributed by atoms with van der Waals surface area (Å²) in [5.41, 5.74) is -2.62. The minimum absolute atomic E-state index is 0.0347. The van der Waals surface area contributed by atoms with Gasteiger partial charge in [0.05, 0.1) is 0 Å². The van der Waals surface area contributed by atoms with Crippen LogP contribution in [0.1, 0.15) is 26.7 Å². The normalized spacial score (nSPS) is 21.3. The zero-order chi connectivity index (χ0) is 12.6. The van der Waals surface area contributed by atoms with Gasteiger partial charge in [0.2, 0.25) is 5.91 Å². The first kappa shape index (κ1) is 13.3. The van der Waals surface area contributed by atoms with Gasteiger partial charge < -0.3 is 10.0 Å². The molecule has 0 unspecified atom stereocenters. The molecule has 3 nitrogen and oxygen atoms in total. The van der Waals surface area contributed by atoms with Crippen molar-refractivity contribution in [1.29, 1.82) is 0 Å². The van der Waals surface area contributed by atoms with Crippen molar-refractivity contribution in [3.63, 3.8) is 0 Å². The second-order valence-corrected chi connectivity index (χ2v) is 4.51. The van der Waals surface area contributed by atoms with Crippen LogP contribution in [-0.4, -0.2) is 40.8 Å². The van der Waals surface area contributed by atoms with E-state index in [1.165, 1.54) is 4.90 Å². The molecule has 1 aliphatic heterocycles. The summed E-state index contributed by atoms with van der Waals surface area (Å²) < 4.78 is 37.4. The molecule has 1 N–H and O–H groups in total. The first-order valence-corrected chi connectivity index (χ1v) is 5.25. The average molecular weight is 239 g/mol. The molecule has 1 heterocycles. The number of nitrogens with zero attached hydrogens (tertiary/aromatic N) is 1. The molecule has 1 amide bonds. The first-order chi connectivity index (χ1) is 7.17. The van der Waals surface area contributed by atoms with Gasteiger partial charge in [0, 0.05) is 31.8 Å². The molecule has 0 atom stereocenters. The highest BCUT2D eigenvalue weighted by Gasteiger charge is 2.54. The molecule has 0 aromatic heterocycles. The van der Waals surface area contributed by atoms with Crippen molar-refractivity contribution in [2.24, 2.45) is 5.92 Å². The van der Waals surface area contributed by atoms with Crippen LogP contribution < -0.4 is 0 Å². The maximum atomic E-state index is 12.5. The van der Waals surface area contributed by atoms with Gasteiger partial charge in [-0.25, -0.2) is 0 Å². The zero-order valence-corrected chi connectivity index (χ0v) is 9.34. The van der Waals surface area contributed by atoms with Crippen LogP contribution in [0.15, 0.2) is 0 Å². The van der Waals surface area contributed by atoms with Gasteiger partial charge >= 0.3 is 6.18 Å². The Kier molecular flexibility index (Phi) is 3.52. The average Bonchev–Trinajstić information content (AvgIpc) is 2.16. The fraction of sp³-hybridized carbons (Fsp3) is 0.900. The lowest BCUT2D eigenvalue weighted by atomic mass is 9.90. The molecule has 0 bridgehead atoms. The summed E-state index contributed by atoms with van der Waals surface area (Å²) in [6.07, 6.45) is -5.48. The van der Waals surface area contributed by atoms with E-state index in [0.29, 0.717) is 0 Å². The minimum Gasteiger partial charge on any atom is -0.380 e. The highest BCUT2D eigenvalue weighted by atomic mass is 19.4. The Morgan fingerprint density at radius 3 is 2.06 bits per heavy atom. The van der Waals surface area contributed by atoms with Gasteiger partial charge in [0.25, 0.3) is 0 Å². The molecule has 1 fully saturated rings. The van der Waals surface area contributed by atoms with E-state index >= 15 is 0 Å². The second kappa shape index (κ2) is 4.24. The van der Waals surface area contributed by atoms with E-state index in [4.69, 9.17) is 0 Å². The molecule has 0 radical (unpaired) electrons. The number of halogens is 3. The van der Waals surface area contributed by atoms with E-state index in [0.717, 1.165) is 0 Å². The van der Waals surface area contributed by atoms with E-state index < -0.39 is 24.6 Å². The van der Waals surface area contributed by atoms with Crippen LogP contribution in [0.4, 0.5) is 13.2 Å². The summed E-state index contributed by atoms with van der Waals surface area (Å²) in [6, 6.07) is 0. The number of hydrogen-bond acceptors (Lipinski definition) is 2. The quantitative estimate of drug-likeness (QED) is 0.754. The Balaban J connectivity index is 2.61. The fourth-order valence-corrected chi connectivity index (χ4v) is 1.75. The number of amides is 1. The van der Waals surface area contributed by atoms with E-state index in [1.54, 1.807) is 13.8 Å². The Bertz CT molecular complexity index is 268. The maximum Gasteiger partial charge on any atom is 0.417 e. The first-order valence-electron chi connectivity index (χ1n) is 5.25. The van der Waals surface area contributed by atoms with Gasteiger partial charge in [-0.15, -0.1) is 0 Å². The Labute approximate surface area is 92.2 Å². The zero-order valence-electron chi connectivity index (χ0n) is 9.34. The van der Waals surface area contributed by atoms with Crippen LogP contribution in [0.2, 0.25) is 0 Å². The standard InChI is InChI=1S/C10H16F3NO2/c1-7(2)8(15)14-5-3-9(16,4-6-14)10(11,12)13/h7,16H,3-6H2,1-2H3.